The molecule has 2 aromatic carbocycles. The molecule has 0 atom stereocenters. The third-order valence-corrected chi connectivity index (χ3v) is 2.56. The molecule has 0 unspecified atom stereocenters. The van der Waals surface area contributed by atoms with Gasteiger partial charge in [-0.05, 0) is 35.3 Å². The van der Waals surface area contributed by atoms with Crippen LogP contribution >= 0.6 is 0 Å². The number of hydrogen-bond acceptors (Lipinski definition) is 3. The summed E-state index contributed by atoms with van der Waals surface area (Å²) in [6.07, 6.45) is 0. The van der Waals surface area contributed by atoms with Gasteiger partial charge in [0.1, 0.15) is 12.4 Å². The Morgan fingerprint density at radius 1 is 1.00 bits per heavy atom. The Labute approximate surface area is 109 Å². The molecule has 2 rings (SSSR count). The van der Waals surface area contributed by atoms with Crippen LogP contribution in [0.15, 0.2) is 42.5 Å². The molecule has 2 N–H and O–H groups in total. The monoisotopic (exact) mass is 264 g/mol. The Morgan fingerprint density at radius 2 is 1.68 bits per heavy atom. The average molecular weight is 264 g/mol. The van der Waals surface area contributed by atoms with Gasteiger partial charge in [-0.2, -0.15) is 0 Å². The molecule has 0 fully saturated rings. The summed E-state index contributed by atoms with van der Waals surface area (Å²) in [4.78, 5) is 0. The zero-order chi connectivity index (χ0) is 13.8. The molecule has 19 heavy (non-hydrogen) atoms. The van der Waals surface area contributed by atoms with Crippen LogP contribution in [0, 0.1) is 11.6 Å². The summed E-state index contributed by atoms with van der Waals surface area (Å²) in [5, 5.41) is 18.0. The highest BCUT2D eigenvalue weighted by molar-refractivity contribution is 6.58. The van der Waals surface area contributed by atoms with Crippen molar-refractivity contribution >= 4 is 12.6 Å². The van der Waals surface area contributed by atoms with Crippen LogP contribution in [0.2, 0.25) is 0 Å². The third-order valence-electron chi connectivity index (χ3n) is 2.56. The summed E-state index contributed by atoms with van der Waals surface area (Å²) in [5.74, 6) is -1.05. The lowest BCUT2D eigenvalue weighted by atomic mass is 9.80. The van der Waals surface area contributed by atoms with Crippen LogP contribution in [-0.2, 0) is 6.61 Å². The van der Waals surface area contributed by atoms with Crippen molar-refractivity contribution in [3.8, 4) is 5.75 Å². The summed E-state index contributed by atoms with van der Waals surface area (Å²) in [5.41, 5.74) is 0.811. The van der Waals surface area contributed by atoms with Crippen LogP contribution < -0.4 is 10.2 Å². The summed E-state index contributed by atoms with van der Waals surface area (Å²) < 4.78 is 31.4. The fourth-order valence-electron chi connectivity index (χ4n) is 1.53. The molecular formula is C13H11BF2O3. The van der Waals surface area contributed by atoms with Gasteiger partial charge in [-0.3, -0.25) is 0 Å². The summed E-state index contributed by atoms with van der Waals surface area (Å²) in [6.45, 7) is 0.0577. The van der Waals surface area contributed by atoms with E-state index < -0.39 is 12.9 Å². The van der Waals surface area contributed by atoms with Gasteiger partial charge in [-0.1, -0.05) is 18.2 Å². The first-order valence-electron chi connectivity index (χ1n) is 5.59. The number of hydrogen-bond donors (Lipinski definition) is 2. The molecule has 0 saturated carbocycles. The topological polar surface area (TPSA) is 49.7 Å². The van der Waals surface area contributed by atoms with Gasteiger partial charge in [0.15, 0.2) is 11.6 Å². The Kier molecular flexibility index (Phi) is 4.14. The van der Waals surface area contributed by atoms with Gasteiger partial charge in [0.25, 0.3) is 0 Å². The second kappa shape index (κ2) is 5.82. The van der Waals surface area contributed by atoms with E-state index in [0.29, 0.717) is 5.56 Å². The lowest BCUT2D eigenvalue weighted by molar-refractivity contribution is 0.290. The molecule has 0 spiro atoms. The van der Waals surface area contributed by atoms with Gasteiger partial charge in [-0.25, -0.2) is 8.78 Å². The van der Waals surface area contributed by atoms with Gasteiger partial charge in [0.05, 0.1) is 0 Å². The maximum absolute atomic E-state index is 13.5. The second-order valence-corrected chi connectivity index (χ2v) is 3.98. The standard InChI is InChI=1S/C13H11BF2O3/c15-11-4-1-9(2-5-11)8-19-13-7-10(14(17)18)3-6-12(13)16/h1-7,17-18H,8H2. The average Bonchev–Trinajstić information content (AvgIpc) is 2.39. The highest BCUT2D eigenvalue weighted by Gasteiger charge is 2.14. The first kappa shape index (κ1) is 13.5. The van der Waals surface area contributed by atoms with Crippen LogP contribution in [0.5, 0.6) is 5.75 Å². The summed E-state index contributed by atoms with van der Waals surface area (Å²) >= 11 is 0. The van der Waals surface area contributed by atoms with Gasteiger partial charge < -0.3 is 14.8 Å². The number of rotatable bonds is 4. The van der Waals surface area contributed by atoms with E-state index in [-0.39, 0.29) is 23.6 Å². The van der Waals surface area contributed by atoms with E-state index in [2.05, 4.69) is 0 Å². The van der Waals surface area contributed by atoms with Crippen LogP contribution in [0.3, 0.4) is 0 Å². The molecule has 0 radical (unpaired) electrons. The maximum Gasteiger partial charge on any atom is 0.488 e. The predicted molar refractivity (Wildman–Crippen MR) is 67.0 cm³/mol. The van der Waals surface area contributed by atoms with Gasteiger partial charge >= 0.3 is 7.12 Å². The van der Waals surface area contributed by atoms with Gasteiger partial charge in [0, 0.05) is 0 Å². The van der Waals surface area contributed by atoms with E-state index in [4.69, 9.17) is 14.8 Å². The molecule has 0 aliphatic rings. The minimum Gasteiger partial charge on any atom is -0.486 e. The predicted octanol–water partition coefficient (Wildman–Crippen LogP) is 1.22. The van der Waals surface area contributed by atoms with E-state index in [1.807, 2.05) is 0 Å². The normalized spacial score (nSPS) is 10.3. The maximum atomic E-state index is 13.5. The molecular weight excluding hydrogens is 253 g/mol. The van der Waals surface area contributed by atoms with Gasteiger partial charge in [0.2, 0.25) is 0 Å². The van der Waals surface area contributed by atoms with Crippen LogP contribution in [-0.4, -0.2) is 17.2 Å². The fourth-order valence-corrected chi connectivity index (χ4v) is 1.53. The molecule has 0 bridgehead atoms. The molecule has 98 valence electrons. The third kappa shape index (κ3) is 3.53. The number of benzene rings is 2. The first-order chi connectivity index (χ1) is 9.06. The Bertz CT molecular complexity index is 558. The molecule has 6 heteroatoms. The SMILES string of the molecule is OB(O)c1ccc(F)c(OCc2ccc(F)cc2)c1. The molecule has 0 aliphatic carbocycles. The van der Waals surface area contributed by atoms with Crippen molar-refractivity contribution in [1.82, 2.24) is 0 Å². The smallest absolute Gasteiger partial charge is 0.486 e. The molecule has 0 amide bonds. The van der Waals surface area contributed by atoms with E-state index in [0.717, 1.165) is 6.07 Å². The minimum absolute atomic E-state index is 0.0577. The van der Waals surface area contributed by atoms with E-state index in [1.165, 1.54) is 36.4 Å². The van der Waals surface area contributed by atoms with Crippen LogP contribution in [0.1, 0.15) is 5.56 Å². The zero-order valence-corrected chi connectivity index (χ0v) is 9.88. The van der Waals surface area contributed by atoms with Crippen molar-refractivity contribution in [3.63, 3.8) is 0 Å². The Morgan fingerprint density at radius 3 is 2.32 bits per heavy atom. The van der Waals surface area contributed by atoms with Crippen LogP contribution in [0.4, 0.5) is 8.78 Å². The molecule has 0 saturated heterocycles. The van der Waals surface area contributed by atoms with Gasteiger partial charge in [-0.15, -0.1) is 0 Å². The minimum atomic E-state index is -1.69. The van der Waals surface area contributed by atoms with Crippen molar-refractivity contribution < 1.29 is 23.6 Å². The lowest BCUT2D eigenvalue weighted by Gasteiger charge is -2.09. The van der Waals surface area contributed by atoms with Crippen molar-refractivity contribution in [3.05, 3.63) is 59.7 Å². The van der Waals surface area contributed by atoms with Crippen molar-refractivity contribution in [2.75, 3.05) is 0 Å². The quantitative estimate of drug-likeness (QED) is 0.816. The molecule has 0 aromatic heterocycles. The lowest BCUT2D eigenvalue weighted by Crippen LogP contribution is -2.29. The highest BCUT2D eigenvalue weighted by atomic mass is 19.1. The molecule has 2 aromatic rings. The molecule has 0 heterocycles. The Balaban J connectivity index is 2.10. The largest absolute Gasteiger partial charge is 0.488 e. The number of halogens is 2. The second-order valence-electron chi connectivity index (χ2n) is 3.98. The van der Waals surface area contributed by atoms with E-state index in [1.54, 1.807) is 0 Å². The van der Waals surface area contributed by atoms with E-state index >= 15 is 0 Å². The Hall–Kier alpha value is -1.92. The summed E-state index contributed by atoms with van der Waals surface area (Å²) in [7, 11) is -1.69. The van der Waals surface area contributed by atoms with Crippen LogP contribution in [0.25, 0.3) is 0 Å². The first-order valence-corrected chi connectivity index (χ1v) is 5.59. The molecule has 3 nitrogen and oxygen atoms in total. The zero-order valence-electron chi connectivity index (χ0n) is 9.88. The van der Waals surface area contributed by atoms with E-state index in [9.17, 15) is 8.78 Å². The molecule has 0 aliphatic heterocycles. The summed E-state index contributed by atoms with van der Waals surface area (Å²) in [6, 6.07) is 9.17. The van der Waals surface area contributed by atoms with Crippen molar-refractivity contribution in [1.29, 1.82) is 0 Å². The van der Waals surface area contributed by atoms with Crippen molar-refractivity contribution in [2.45, 2.75) is 6.61 Å². The highest BCUT2D eigenvalue weighted by Crippen LogP contribution is 2.16. The van der Waals surface area contributed by atoms with Crippen molar-refractivity contribution in [2.24, 2.45) is 0 Å². The fraction of sp³-hybridized carbons (Fsp3) is 0.0769. The number of ether oxygens (including phenoxy) is 1.